The molecule has 12 heavy (non-hydrogen) atoms. The lowest BCUT2D eigenvalue weighted by Gasteiger charge is -1.95. The maximum atomic E-state index is 11.0. The number of hydrogen-bond donors (Lipinski definition) is 0. The highest BCUT2D eigenvalue weighted by Crippen LogP contribution is 2.00. The quantitative estimate of drug-likeness (QED) is 0.400. The van der Waals surface area contributed by atoms with Gasteiger partial charge in [0.2, 0.25) is 0 Å². The van der Waals surface area contributed by atoms with Crippen molar-refractivity contribution in [1.82, 2.24) is 4.98 Å². The SMILES string of the molecule is O=c1cnc2ccc[n+]([O-])c2o1. The largest absolute Gasteiger partial charge is 0.616 e. The van der Waals surface area contributed by atoms with Gasteiger partial charge in [0.05, 0.1) is 0 Å². The molecule has 0 aliphatic rings. The van der Waals surface area contributed by atoms with Crippen molar-refractivity contribution in [3.8, 4) is 0 Å². The van der Waals surface area contributed by atoms with Crippen LogP contribution in [0.4, 0.5) is 0 Å². The molecular formula is C7H4N2O3. The molecule has 2 rings (SSSR count). The molecule has 5 nitrogen and oxygen atoms in total. The fraction of sp³-hybridized carbons (Fsp3) is 0. The molecule has 0 aliphatic carbocycles. The maximum absolute atomic E-state index is 11.0. The topological polar surface area (TPSA) is 70.0 Å². The van der Waals surface area contributed by atoms with Crippen molar-refractivity contribution in [2.45, 2.75) is 0 Å². The van der Waals surface area contributed by atoms with Crippen LogP contribution in [-0.4, -0.2) is 4.98 Å². The van der Waals surface area contributed by atoms with Crippen molar-refractivity contribution in [3.05, 3.63) is 40.2 Å². The fourth-order valence-electron chi connectivity index (χ4n) is 0.904. The first-order valence-corrected chi connectivity index (χ1v) is 3.25. The van der Waals surface area contributed by atoms with Crippen LogP contribution in [0.15, 0.2) is 33.7 Å². The van der Waals surface area contributed by atoms with Gasteiger partial charge in [0, 0.05) is 6.07 Å². The summed E-state index contributed by atoms with van der Waals surface area (Å²) in [6.07, 6.45) is 2.27. The summed E-state index contributed by atoms with van der Waals surface area (Å²) >= 11 is 0. The summed E-state index contributed by atoms with van der Waals surface area (Å²) in [6.45, 7) is 0. The highest BCUT2D eigenvalue weighted by Gasteiger charge is 2.05. The third kappa shape index (κ3) is 0.914. The van der Waals surface area contributed by atoms with Crippen LogP contribution >= 0.6 is 0 Å². The second kappa shape index (κ2) is 2.30. The van der Waals surface area contributed by atoms with Gasteiger partial charge >= 0.3 is 11.3 Å². The van der Waals surface area contributed by atoms with E-state index in [0.29, 0.717) is 10.2 Å². The van der Waals surface area contributed by atoms with E-state index in [4.69, 9.17) is 0 Å². The third-order valence-corrected chi connectivity index (χ3v) is 1.40. The zero-order valence-electron chi connectivity index (χ0n) is 5.93. The van der Waals surface area contributed by atoms with Crippen LogP contribution in [0.2, 0.25) is 0 Å². The van der Waals surface area contributed by atoms with Gasteiger partial charge in [0.25, 0.3) is 0 Å². The molecule has 0 atom stereocenters. The standard InChI is InChI=1S/C7H4N2O3/c10-6-4-8-5-2-1-3-9(11)7(5)12-6/h1-4H. The van der Waals surface area contributed by atoms with Gasteiger partial charge < -0.3 is 9.62 Å². The number of aromatic nitrogens is 2. The highest BCUT2D eigenvalue weighted by atomic mass is 16.5. The molecule has 2 heterocycles. The minimum Gasteiger partial charge on any atom is -0.616 e. The average Bonchev–Trinajstić information content (AvgIpc) is 2.07. The van der Waals surface area contributed by atoms with E-state index >= 15 is 0 Å². The van der Waals surface area contributed by atoms with Crippen LogP contribution in [0.3, 0.4) is 0 Å². The minimum absolute atomic E-state index is 0.0648. The molecule has 5 heteroatoms. The minimum atomic E-state index is -0.627. The molecule has 2 aromatic heterocycles. The van der Waals surface area contributed by atoms with Gasteiger partial charge in [-0.3, -0.25) is 0 Å². The highest BCUT2D eigenvalue weighted by molar-refractivity contribution is 5.62. The van der Waals surface area contributed by atoms with Crippen LogP contribution in [0, 0.1) is 5.21 Å². The number of hydrogen-bond acceptors (Lipinski definition) is 4. The van der Waals surface area contributed by atoms with Crippen molar-refractivity contribution in [2.75, 3.05) is 0 Å². The number of rotatable bonds is 0. The summed E-state index contributed by atoms with van der Waals surface area (Å²) in [6, 6.07) is 3.12. The van der Waals surface area contributed by atoms with E-state index in [2.05, 4.69) is 9.40 Å². The molecule has 0 unspecified atom stereocenters. The van der Waals surface area contributed by atoms with Gasteiger partial charge in [-0.25, -0.2) is 9.78 Å². The predicted molar refractivity (Wildman–Crippen MR) is 39.2 cm³/mol. The van der Waals surface area contributed by atoms with E-state index < -0.39 is 5.63 Å². The molecule has 0 radical (unpaired) electrons. The molecule has 0 saturated carbocycles. The molecule has 0 aliphatic heterocycles. The number of nitrogens with zero attached hydrogens (tertiary/aromatic N) is 2. The Morgan fingerprint density at radius 2 is 2.42 bits per heavy atom. The van der Waals surface area contributed by atoms with Crippen molar-refractivity contribution in [3.63, 3.8) is 0 Å². The van der Waals surface area contributed by atoms with Crippen LogP contribution in [0.5, 0.6) is 0 Å². The van der Waals surface area contributed by atoms with Gasteiger partial charge in [-0.05, 0) is 6.07 Å². The van der Waals surface area contributed by atoms with E-state index in [1.165, 1.54) is 12.3 Å². The first kappa shape index (κ1) is 6.78. The summed E-state index contributed by atoms with van der Waals surface area (Å²) in [5.41, 5.74) is -0.324. The molecular weight excluding hydrogens is 160 g/mol. The zero-order valence-corrected chi connectivity index (χ0v) is 5.93. The van der Waals surface area contributed by atoms with E-state index in [0.717, 1.165) is 6.20 Å². The van der Waals surface area contributed by atoms with Crippen LogP contribution in [0.25, 0.3) is 11.2 Å². The smallest absolute Gasteiger partial charge is 0.414 e. The summed E-state index contributed by atoms with van der Waals surface area (Å²) in [5, 5.41) is 11.0. The Morgan fingerprint density at radius 1 is 1.58 bits per heavy atom. The first-order chi connectivity index (χ1) is 5.77. The van der Waals surface area contributed by atoms with Crippen molar-refractivity contribution < 1.29 is 9.15 Å². The molecule has 2 aromatic rings. The molecule has 0 amide bonds. The Bertz CT molecular complexity index is 477. The van der Waals surface area contributed by atoms with Gasteiger partial charge in [0.15, 0.2) is 11.7 Å². The number of pyridine rings is 1. The van der Waals surface area contributed by atoms with E-state index in [1.807, 2.05) is 0 Å². The first-order valence-electron chi connectivity index (χ1n) is 3.25. The number of fused-ring (bicyclic) bond motifs is 1. The van der Waals surface area contributed by atoms with Gasteiger partial charge in [-0.2, -0.15) is 0 Å². The molecule has 0 N–H and O–H groups in total. The fourth-order valence-corrected chi connectivity index (χ4v) is 0.904. The maximum Gasteiger partial charge on any atom is 0.414 e. The average molecular weight is 164 g/mol. The van der Waals surface area contributed by atoms with Crippen LogP contribution in [0.1, 0.15) is 0 Å². The summed E-state index contributed by atoms with van der Waals surface area (Å²) in [5.74, 6) is 0. The molecule has 60 valence electrons. The Balaban J connectivity index is 2.97. The lowest BCUT2D eigenvalue weighted by Crippen LogP contribution is -2.27. The molecule has 0 saturated heterocycles. The molecule has 0 bridgehead atoms. The molecule has 0 spiro atoms. The molecule has 0 fully saturated rings. The van der Waals surface area contributed by atoms with E-state index in [-0.39, 0.29) is 5.71 Å². The lowest BCUT2D eigenvalue weighted by molar-refractivity contribution is -0.585. The third-order valence-electron chi connectivity index (χ3n) is 1.40. The summed E-state index contributed by atoms with van der Waals surface area (Å²) in [7, 11) is 0. The second-order valence-corrected chi connectivity index (χ2v) is 2.20. The normalized spacial score (nSPS) is 10.3. The van der Waals surface area contributed by atoms with E-state index in [9.17, 15) is 10.0 Å². The molecule has 0 aromatic carbocycles. The van der Waals surface area contributed by atoms with Gasteiger partial charge in [-0.15, -0.1) is 4.73 Å². The monoisotopic (exact) mass is 164 g/mol. The van der Waals surface area contributed by atoms with Crippen molar-refractivity contribution >= 4 is 11.2 Å². The zero-order chi connectivity index (χ0) is 8.55. The van der Waals surface area contributed by atoms with Crippen LogP contribution < -0.4 is 10.4 Å². The van der Waals surface area contributed by atoms with Gasteiger partial charge in [0.1, 0.15) is 6.20 Å². The Kier molecular flexibility index (Phi) is 1.30. The summed E-state index contributed by atoms with van der Waals surface area (Å²) < 4.78 is 5.09. The van der Waals surface area contributed by atoms with Crippen LogP contribution in [-0.2, 0) is 0 Å². The second-order valence-electron chi connectivity index (χ2n) is 2.20. The summed E-state index contributed by atoms with van der Waals surface area (Å²) in [4.78, 5) is 14.4. The van der Waals surface area contributed by atoms with Crippen molar-refractivity contribution in [1.29, 1.82) is 0 Å². The van der Waals surface area contributed by atoms with Gasteiger partial charge in [-0.1, -0.05) is 0 Å². The Labute approximate surface area is 66.5 Å². The predicted octanol–water partition coefficient (Wildman–Crippen LogP) is -0.179. The van der Waals surface area contributed by atoms with Crippen molar-refractivity contribution in [2.24, 2.45) is 0 Å². The Morgan fingerprint density at radius 3 is 3.25 bits per heavy atom. The lowest BCUT2D eigenvalue weighted by atomic mass is 10.4. The Hall–Kier alpha value is -1.91. The van der Waals surface area contributed by atoms with E-state index in [1.54, 1.807) is 6.07 Å².